The summed E-state index contributed by atoms with van der Waals surface area (Å²) in [4.78, 5) is 10.8. The molecule has 0 saturated heterocycles. The van der Waals surface area contributed by atoms with E-state index in [0.29, 0.717) is 31.3 Å². The number of carbonyl (C=O) groups is 1. The van der Waals surface area contributed by atoms with Gasteiger partial charge in [0.1, 0.15) is 0 Å². The van der Waals surface area contributed by atoms with Gasteiger partial charge in [-0.3, -0.25) is 0 Å². The Balaban J connectivity index is 2.69. The van der Waals surface area contributed by atoms with Gasteiger partial charge >= 0.3 is 5.97 Å². The molecule has 0 aromatic carbocycles. The smallest absolute Gasteiger partial charge is 0.331 e. The molecule has 0 atom stereocenters. The van der Waals surface area contributed by atoms with Crippen LogP contribution in [0.3, 0.4) is 0 Å². The molecule has 0 aromatic rings. The fourth-order valence-electron chi connectivity index (χ4n) is 1.99. The highest BCUT2D eigenvalue weighted by molar-refractivity contribution is 5.86. The molecule has 1 rings (SSSR count). The van der Waals surface area contributed by atoms with E-state index in [1.807, 2.05) is 6.92 Å². The lowest BCUT2D eigenvalue weighted by Crippen LogP contribution is -2.33. The van der Waals surface area contributed by atoms with E-state index in [1.165, 1.54) is 0 Å². The molecule has 0 bridgehead atoms. The third-order valence-corrected chi connectivity index (χ3v) is 3.31. The van der Waals surface area contributed by atoms with Gasteiger partial charge in [0, 0.05) is 18.4 Å². The van der Waals surface area contributed by atoms with E-state index < -0.39 is 11.8 Å². The number of hydrogen-bond acceptors (Lipinski definition) is 3. The predicted molar refractivity (Wildman–Crippen MR) is 55.1 cm³/mol. The maximum atomic E-state index is 10.8. The van der Waals surface area contributed by atoms with Gasteiger partial charge in [-0.1, -0.05) is 5.57 Å². The highest BCUT2D eigenvalue weighted by Gasteiger charge is 2.31. The minimum Gasteiger partial charge on any atom is -0.478 e. The van der Waals surface area contributed by atoms with Gasteiger partial charge in [-0.05, 0) is 32.6 Å². The van der Waals surface area contributed by atoms with E-state index >= 15 is 0 Å². The number of allylic oxidation sites excluding steroid dienone is 1. The van der Waals surface area contributed by atoms with Gasteiger partial charge in [-0.25, -0.2) is 4.79 Å². The molecule has 1 aliphatic rings. The number of carboxylic acids is 1. The zero-order chi connectivity index (χ0) is 11.6. The van der Waals surface area contributed by atoms with Crippen molar-refractivity contribution in [3.63, 3.8) is 0 Å². The summed E-state index contributed by atoms with van der Waals surface area (Å²) in [6.45, 7) is 3.41. The van der Waals surface area contributed by atoms with E-state index in [-0.39, 0.29) is 5.92 Å². The van der Waals surface area contributed by atoms with Crippen LogP contribution in [0.1, 0.15) is 39.5 Å². The standard InChI is InChI=1S/C11H18O4/c1-7(8(2)10(12)13)9-3-5-11(14,15)6-4-9/h9,14-15H,3-6H2,1-2H3,(H,12,13). The summed E-state index contributed by atoms with van der Waals surface area (Å²) in [6.07, 6.45) is 1.93. The molecule has 86 valence electrons. The van der Waals surface area contributed by atoms with Crippen molar-refractivity contribution in [2.45, 2.75) is 45.3 Å². The Morgan fingerprint density at radius 2 is 1.67 bits per heavy atom. The highest BCUT2D eigenvalue weighted by Crippen LogP contribution is 2.35. The molecule has 0 aliphatic heterocycles. The fraction of sp³-hybridized carbons (Fsp3) is 0.727. The van der Waals surface area contributed by atoms with Crippen LogP contribution in [0.15, 0.2) is 11.1 Å². The van der Waals surface area contributed by atoms with E-state index in [2.05, 4.69) is 0 Å². The number of hydrogen-bond donors (Lipinski definition) is 3. The van der Waals surface area contributed by atoms with Gasteiger partial charge in [0.15, 0.2) is 5.79 Å². The summed E-state index contributed by atoms with van der Waals surface area (Å²) >= 11 is 0. The Labute approximate surface area is 89.2 Å². The summed E-state index contributed by atoms with van der Waals surface area (Å²) in [5.41, 5.74) is 1.24. The molecule has 1 aliphatic carbocycles. The average Bonchev–Trinajstić information content (AvgIpc) is 2.15. The van der Waals surface area contributed by atoms with Crippen LogP contribution in [0.5, 0.6) is 0 Å². The van der Waals surface area contributed by atoms with Crippen LogP contribution in [0.4, 0.5) is 0 Å². The second kappa shape index (κ2) is 4.33. The van der Waals surface area contributed by atoms with Crippen molar-refractivity contribution < 1.29 is 20.1 Å². The molecule has 0 amide bonds. The molecule has 0 unspecified atom stereocenters. The Kier molecular flexibility index (Phi) is 3.52. The van der Waals surface area contributed by atoms with Crippen LogP contribution in [-0.2, 0) is 4.79 Å². The number of aliphatic hydroxyl groups is 2. The van der Waals surface area contributed by atoms with Gasteiger partial charge in [0.05, 0.1) is 0 Å². The Morgan fingerprint density at radius 3 is 2.07 bits per heavy atom. The SMILES string of the molecule is CC(C(=O)O)=C(C)C1CCC(O)(O)CC1. The van der Waals surface area contributed by atoms with Gasteiger partial charge in [0.25, 0.3) is 0 Å². The van der Waals surface area contributed by atoms with Crippen LogP contribution >= 0.6 is 0 Å². The minimum absolute atomic E-state index is 0.175. The Hall–Kier alpha value is -0.870. The summed E-state index contributed by atoms with van der Waals surface area (Å²) in [5, 5.41) is 27.5. The molecular formula is C11H18O4. The summed E-state index contributed by atoms with van der Waals surface area (Å²) < 4.78 is 0. The van der Waals surface area contributed by atoms with Crippen molar-refractivity contribution in [1.29, 1.82) is 0 Å². The Bertz CT molecular complexity index is 281. The van der Waals surface area contributed by atoms with E-state index in [0.717, 1.165) is 5.57 Å². The molecule has 1 fully saturated rings. The molecule has 1 saturated carbocycles. The van der Waals surface area contributed by atoms with Crippen LogP contribution < -0.4 is 0 Å². The minimum atomic E-state index is -1.55. The first-order valence-electron chi connectivity index (χ1n) is 5.19. The van der Waals surface area contributed by atoms with Crippen molar-refractivity contribution >= 4 is 5.97 Å². The third kappa shape index (κ3) is 3.04. The molecule has 15 heavy (non-hydrogen) atoms. The van der Waals surface area contributed by atoms with Crippen molar-refractivity contribution in [1.82, 2.24) is 0 Å². The molecule has 0 aromatic heterocycles. The summed E-state index contributed by atoms with van der Waals surface area (Å²) in [5.74, 6) is -2.26. The van der Waals surface area contributed by atoms with Gasteiger partial charge in [0.2, 0.25) is 0 Å². The first-order valence-corrected chi connectivity index (χ1v) is 5.19. The van der Waals surface area contributed by atoms with E-state index in [9.17, 15) is 15.0 Å². The largest absolute Gasteiger partial charge is 0.478 e. The van der Waals surface area contributed by atoms with Crippen molar-refractivity contribution in [3.8, 4) is 0 Å². The maximum Gasteiger partial charge on any atom is 0.331 e. The van der Waals surface area contributed by atoms with E-state index in [1.54, 1.807) is 6.92 Å². The molecule has 0 heterocycles. The van der Waals surface area contributed by atoms with Gasteiger partial charge in [-0.15, -0.1) is 0 Å². The lowest BCUT2D eigenvalue weighted by molar-refractivity contribution is -0.184. The first kappa shape index (κ1) is 12.2. The summed E-state index contributed by atoms with van der Waals surface area (Å²) in [6, 6.07) is 0. The lowest BCUT2D eigenvalue weighted by Gasteiger charge is -2.32. The second-order valence-electron chi connectivity index (χ2n) is 4.37. The lowest BCUT2D eigenvalue weighted by atomic mass is 9.80. The number of rotatable bonds is 2. The predicted octanol–water partition coefficient (Wildman–Crippen LogP) is 1.28. The molecular weight excluding hydrogens is 196 g/mol. The third-order valence-electron chi connectivity index (χ3n) is 3.31. The van der Waals surface area contributed by atoms with Gasteiger partial charge in [-0.2, -0.15) is 0 Å². The zero-order valence-electron chi connectivity index (χ0n) is 9.16. The molecule has 4 heteroatoms. The van der Waals surface area contributed by atoms with Crippen molar-refractivity contribution in [3.05, 3.63) is 11.1 Å². The normalized spacial score (nSPS) is 23.5. The highest BCUT2D eigenvalue weighted by atomic mass is 16.5. The molecule has 4 nitrogen and oxygen atoms in total. The number of carboxylic acid groups (broad SMARTS) is 1. The maximum absolute atomic E-state index is 10.8. The second-order valence-corrected chi connectivity index (χ2v) is 4.37. The zero-order valence-corrected chi connectivity index (χ0v) is 9.16. The first-order chi connectivity index (χ1) is 6.83. The average molecular weight is 214 g/mol. The number of aliphatic carboxylic acids is 1. The molecule has 0 spiro atoms. The van der Waals surface area contributed by atoms with Crippen LogP contribution in [0, 0.1) is 5.92 Å². The van der Waals surface area contributed by atoms with Crippen molar-refractivity contribution in [2.24, 2.45) is 5.92 Å². The fourth-order valence-corrected chi connectivity index (χ4v) is 1.99. The van der Waals surface area contributed by atoms with Crippen LogP contribution in [0.25, 0.3) is 0 Å². The molecule has 0 radical (unpaired) electrons. The topological polar surface area (TPSA) is 77.8 Å². The Morgan fingerprint density at radius 1 is 1.20 bits per heavy atom. The van der Waals surface area contributed by atoms with E-state index in [4.69, 9.17) is 5.11 Å². The van der Waals surface area contributed by atoms with Crippen LogP contribution in [-0.4, -0.2) is 27.1 Å². The van der Waals surface area contributed by atoms with Crippen molar-refractivity contribution in [2.75, 3.05) is 0 Å². The quantitative estimate of drug-likeness (QED) is 0.478. The monoisotopic (exact) mass is 214 g/mol. The summed E-state index contributed by atoms with van der Waals surface area (Å²) in [7, 11) is 0. The van der Waals surface area contributed by atoms with Gasteiger partial charge < -0.3 is 15.3 Å². The molecule has 3 N–H and O–H groups in total. The van der Waals surface area contributed by atoms with Crippen LogP contribution in [0.2, 0.25) is 0 Å².